The van der Waals surface area contributed by atoms with E-state index < -0.39 is 0 Å². The highest BCUT2D eigenvalue weighted by molar-refractivity contribution is 6.14. The highest BCUT2D eigenvalue weighted by Gasteiger charge is 2.39. The molecular formula is C65H54N2. The third-order valence-electron chi connectivity index (χ3n) is 16.9. The number of benzene rings is 8. The molecule has 0 fully saturated rings. The Balaban J connectivity index is 1.04. The van der Waals surface area contributed by atoms with Crippen molar-refractivity contribution in [3.63, 3.8) is 0 Å². The summed E-state index contributed by atoms with van der Waals surface area (Å²) >= 11 is 0. The summed E-state index contributed by atoms with van der Waals surface area (Å²) in [5, 5.41) is 2.58. The standard InChI is InChI=1S/C65H54N2/c1-63(2)55-24-14-12-22-48(55)51-36-41(28-31-56(51)63)66(43-27-30-49-47-21-11-13-23-54(47)64(3,4)58(49)38-43)42-29-32-60-52(37-42)53-34-40(35-59-62(53)67(60)61-26-16-15-25-57(61)65(59,5)6)50-33-39-17-7-8-18-44(39)45-19-9-10-20-46(45)50/h7,10-17,20-38H,8-9,18-19H2,1-6H3. The lowest BCUT2D eigenvalue weighted by Gasteiger charge is -2.35. The molecule has 0 amide bonds. The van der Waals surface area contributed by atoms with E-state index in [-0.39, 0.29) is 16.2 Å². The summed E-state index contributed by atoms with van der Waals surface area (Å²) in [4.78, 5) is 2.54. The summed E-state index contributed by atoms with van der Waals surface area (Å²) in [6, 6.07) is 56.5. The van der Waals surface area contributed by atoms with E-state index in [0.717, 1.165) is 31.4 Å². The molecule has 0 N–H and O–H groups in total. The monoisotopic (exact) mass is 862 g/mol. The van der Waals surface area contributed by atoms with Crippen LogP contribution in [0.4, 0.5) is 17.1 Å². The Bertz CT molecular complexity index is 3730. The van der Waals surface area contributed by atoms with Gasteiger partial charge in [-0.2, -0.15) is 0 Å². The maximum atomic E-state index is 2.58. The lowest BCUT2D eigenvalue weighted by atomic mass is 9.73. The van der Waals surface area contributed by atoms with Crippen LogP contribution in [0.5, 0.6) is 0 Å². The first-order chi connectivity index (χ1) is 32.5. The van der Waals surface area contributed by atoms with Crippen LogP contribution in [0.2, 0.25) is 0 Å². The van der Waals surface area contributed by atoms with E-state index in [4.69, 9.17) is 0 Å². The Morgan fingerprint density at radius 2 is 1.03 bits per heavy atom. The summed E-state index contributed by atoms with van der Waals surface area (Å²) < 4.78 is 2.58. The molecule has 2 heterocycles. The minimum Gasteiger partial charge on any atom is -0.310 e. The van der Waals surface area contributed by atoms with Crippen molar-refractivity contribution in [3.8, 4) is 39.1 Å². The molecule has 4 aliphatic carbocycles. The normalized spacial score (nSPS) is 16.8. The number of rotatable bonds is 4. The average Bonchev–Trinajstić information content (AvgIpc) is 3.89. The lowest BCUT2D eigenvalue weighted by Crippen LogP contribution is -2.26. The summed E-state index contributed by atoms with van der Waals surface area (Å²) in [6.07, 6.45) is 14.0. The molecule has 2 nitrogen and oxygen atoms in total. The number of allylic oxidation sites excluding steroid dienone is 2. The highest BCUT2D eigenvalue weighted by atomic mass is 15.1. The topological polar surface area (TPSA) is 8.17 Å². The molecule has 14 rings (SSSR count). The van der Waals surface area contributed by atoms with Gasteiger partial charge in [-0.15, -0.1) is 0 Å². The molecule has 8 aromatic carbocycles. The van der Waals surface area contributed by atoms with E-state index in [9.17, 15) is 0 Å². The molecule has 0 radical (unpaired) electrons. The van der Waals surface area contributed by atoms with Gasteiger partial charge in [0.05, 0.1) is 16.7 Å². The molecule has 1 aromatic heterocycles. The summed E-state index contributed by atoms with van der Waals surface area (Å²) in [5.74, 6) is 0. The molecule has 67 heavy (non-hydrogen) atoms. The molecule has 0 saturated carbocycles. The molecule has 1 aliphatic heterocycles. The van der Waals surface area contributed by atoms with Gasteiger partial charge in [0.2, 0.25) is 0 Å². The number of para-hydroxylation sites is 1. The molecule has 9 aromatic rings. The molecule has 0 unspecified atom stereocenters. The van der Waals surface area contributed by atoms with E-state index in [0.29, 0.717) is 0 Å². The minimum absolute atomic E-state index is 0.0749. The van der Waals surface area contributed by atoms with Gasteiger partial charge in [0.15, 0.2) is 0 Å². The van der Waals surface area contributed by atoms with Gasteiger partial charge >= 0.3 is 0 Å². The number of hydrogen-bond donors (Lipinski definition) is 0. The van der Waals surface area contributed by atoms with Crippen molar-refractivity contribution in [1.82, 2.24) is 4.57 Å². The smallest absolute Gasteiger partial charge is 0.0582 e. The summed E-state index contributed by atoms with van der Waals surface area (Å²) in [7, 11) is 0. The van der Waals surface area contributed by atoms with E-state index >= 15 is 0 Å². The van der Waals surface area contributed by atoms with Gasteiger partial charge in [0, 0.05) is 44.1 Å². The number of aromatic nitrogens is 1. The van der Waals surface area contributed by atoms with Crippen molar-refractivity contribution in [2.24, 2.45) is 0 Å². The first-order valence-corrected chi connectivity index (χ1v) is 24.5. The quantitative estimate of drug-likeness (QED) is 0.171. The van der Waals surface area contributed by atoms with E-state index in [2.05, 4.69) is 221 Å². The fourth-order valence-corrected chi connectivity index (χ4v) is 13.5. The van der Waals surface area contributed by atoms with E-state index in [1.165, 1.54) is 117 Å². The van der Waals surface area contributed by atoms with Crippen LogP contribution in [0.3, 0.4) is 0 Å². The largest absolute Gasteiger partial charge is 0.310 e. The van der Waals surface area contributed by atoms with Crippen LogP contribution in [-0.4, -0.2) is 4.57 Å². The molecule has 0 bridgehead atoms. The third kappa shape index (κ3) is 5.22. The van der Waals surface area contributed by atoms with Crippen LogP contribution < -0.4 is 4.90 Å². The van der Waals surface area contributed by atoms with Crippen LogP contribution in [0.25, 0.3) is 73.0 Å². The average molecular weight is 863 g/mol. The molecule has 0 saturated heterocycles. The zero-order chi connectivity index (χ0) is 45.1. The first-order valence-electron chi connectivity index (χ1n) is 24.5. The van der Waals surface area contributed by atoms with Crippen LogP contribution >= 0.6 is 0 Å². The Morgan fingerprint density at radius 3 is 1.84 bits per heavy atom. The van der Waals surface area contributed by atoms with Crippen molar-refractivity contribution < 1.29 is 0 Å². The predicted molar refractivity (Wildman–Crippen MR) is 283 cm³/mol. The van der Waals surface area contributed by atoms with Crippen LogP contribution in [0.15, 0.2) is 158 Å². The van der Waals surface area contributed by atoms with Crippen molar-refractivity contribution >= 4 is 51.0 Å². The van der Waals surface area contributed by atoms with Gasteiger partial charge < -0.3 is 9.47 Å². The number of hydrogen-bond acceptors (Lipinski definition) is 1. The summed E-state index contributed by atoms with van der Waals surface area (Å²) in [5.41, 5.74) is 29.1. The van der Waals surface area contributed by atoms with Crippen molar-refractivity contribution in [3.05, 3.63) is 213 Å². The highest BCUT2D eigenvalue weighted by Crippen LogP contribution is 2.55. The second-order valence-electron chi connectivity index (χ2n) is 21.5. The zero-order valence-corrected chi connectivity index (χ0v) is 39.4. The maximum absolute atomic E-state index is 2.58. The second kappa shape index (κ2) is 13.5. The first kappa shape index (κ1) is 39.0. The van der Waals surface area contributed by atoms with Crippen LogP contribution in [0.1, 0.15) is 110 Å². The van der Waals surface area contributed by atoms with Gasteiger partial charge in [-0.1, -0.05) is 145 Å². The molecule has 0 atom stereocenters. The van der Waals surface area contributed by atoms with Crippen LogP contribution in [-0.2, 0) is 29.1 Å². The predicted octanol–water partition coefficient (Wildman–Crippen LogP) is 17.1. The maximum Gasteiger partial charge on any atom is 0.0582 e. The second-order valence-corrected chi connectivity index (χ2v) is 21.5. The van der Waals surface area contributed by atoms with E-state index in [1.807, 2.05) is 0 Å². The molecule has 0 spiro atoms. The Hall–Kier alpha value is -7.16. The fraction of sp³-hybridized carbons (Fsp3) is 0.200. The van der Waals surface area contributed by atoms with Gasteiger partial charge in [-0.3, -0.25) is 0 Å². The van der Waals surface area contributed by atoms with Gasteiger partial charge in [0.25, 0.3) is 0 Å². The Morgan fingerprint density at radius 1 is 0.433 bits per heavy atom. The van der Waals surface area contributed by atoms with Crippen molar-refractivity contribution in [2.75, 3.05) is 4.90 Å². The SMILES string of the molecule is CC1(C)c2ccccc2-c2cc(N(c3ccc4c(c3)C(C)(C)c3ccccc3-4)c3ccc4c(c3)c3cc(-c5cc6c(c7c5C=CCC7)CCC=C6)cc5c3n4-c3ccccc3C5(C)C)ccc21. The van der Waals surface area contributed by atoms with Gasteiger partial charge in [-0.05, 0) is 181 Å². The Kier molecular flexibility index (Phi) is 7.86. The van der Waals surface area contributed by atoms with Gasteiger partial charge in [0.1, 0.15) is 0 Å². The fourth-order valence-electron chi connectivity index (χ4n) is 13.5. The van der Waals surface area contributed by atoms with E-state index in [1.54, 1.807) is 11.1 Å². The molecule has 324 valence electrons. The van der Waals surface area contributed by atoms with Crippen molar-refractivity contribution in [2.45, 2.75) is 83.5 Å². The van der Waals surface area contributed by atoms with Crippen LogP contribution in [0, 0.1) is 0 Å². The third-order valence-corrected chi connectivity index (χ3v) is 16.9. The summed E-state index contributed by atoms with van der Waals surface area (Å²) in [6.45, 7) is 14.4. The molecule has 2 heteroatoms. The van der Waals surface area contributed by atoms with Crippen molar-refractivity contribution in [1.29, 1.82) is 0 Å². The number of fused-ring (bicyclic) bond motifs is 14. The minimum atomic E-state index is -0.211. The Labute approximate surface area is 394 Å². The number of nitrogens with zero attached hydrogens (tertiary/aromatic N) is 2. The molecular weight excluding hydrogens is 809 g/mol. The van der Waals surface area contributed by atoms with Gasteiger partial charge in [-0.25, -0.2) is 0 Å². The zero-order valence-electron chi connectivity index (χ0n) is 39.4. The number of anilines is 3. The lowest BCUT2D eigenvalue weighted by molar-refractivity contribution is 0.630. The molecule has 5 aliphatic rings.